The molecule has 10 nitrogen and oxygen atoms in total. The maximum Gasteiger partial charge on any atom is 1.00 e. The van der Waals surface area contributed by atoms with Crippen LogP contribution in [0.4, 0.5) is 0 Å². The smallest absolute Gasteiger partial charge is 0.754 e. The molecule has 0 N–H and O–H groups in total. The summed E-state index contributed by atoms with van der Waals surface area (Å²) in [4.78, 5) is 32.2. The number of unbranched alkanes of at least 4 members (excludes halogenated alkanes) is 30. The molecule has 58 heavy (non-hydrogen) atoms. The Bertz CT molecular complexity index is 808. The van der Waals surface area contributed by atoms with Crippen molar-refractivity contribution in [2.45, 2.75) is 247 Å². The van der Waals surface area contributed by atoms with Crippen molar-refractivity contribution in [3.05, 3.63) is 0 Å². The SMILES string of the molecule is CCCCCCCCCCCCCCCCCCOOP(=O)([O-])OCC(C)C.CCCCCCCCCCCCCCCCCCOOP(=O)([O-])OCC(C)C.[K+].[Na+]. The van der Waals surface area contributed by atoms with Crippen LogP contribution in [-0.4, -0.2) is 26.4 Å². The number of rotatable bonds is 44. The molecule has 0 fully saturated rings. The van der Waals surface area contributed by atoms with E-state index in [9.17, 15) is 18.9 Å². The quantitative estimate of drug-likeness (QED) is 0.0192. The minimum Gasteiger partial charge on any atom is -0.754 e. The third-order valence-corrected chi connectivity index (χ3v) is 11.1. The van der Waals surface area contributed by atoms with E-state index >= 15 is 0 Å². The molecule has 0 aliphatic carbocycles. The van der Waals surface area contributed by atoms with Crippen molar-refractivity contribution in [1.82, 2.24) is 0 Å². The van der Waals surface area contributed by atoms with Crippen LogP contribution in [0, 0.1) is 11.8 Å². The molecule has 2 atom stereocenters. The predicted octanol–water partition coefficient (Wildman–Crippen LogP) is 8.68. The summed E-state index contributed by atoms with van der Waals surface area (Å²) in [6.45, 7) is 12.8. The molecule has 340 valence electrons. The molecule has 0 amide bonds. The van der Waals surface area contributed by atoms with Gasteiger partial charge in [-0.3, -0.25) is 9.13 Å². The van der Waals surface area contributed by atoms with Crippen molar-refractivity contribution in [3.8, 4) is 0 Å². The number of phosphoric ester groups is 2. The summed E-state index contributed by atoms with van der Waals surface area (Å²) in [5.74, 6) is 0.261. The minimum absolute atomic E-state index is 0. The van der Waals surface area contributed by atoms with Crippen LogP contribution in [0.3, 0.4) is 0 Å². The fraction of sp³-hybridized carbons (Fsp3) is 1.00. The second kappa shape index (κ2) is 52.4. The topological polar surface area (TPSA) is 136 Å². The van der Waals surface area contributed by atoms with E-state index in [2.05, 4.69) is 32.2 Å². The van der Waals surface area contributed by atoms with Gasteiger partial charge in [-0.1, -0.05) is 234 Å². The van der Waals surface area contributed by atoms with E-state index in [0.717, 1.165) is 25.7 Å². The van der Waals surface area contributed by atoms with Crippen molar-refractivity contribution in [2.24, 2.45) is 11.8 Å². The van der Waals surface area contributed by atoms with E-state index in [4.69, 9.17) is 9.78 Å². The molecule has 0 aromatic carbocycles. The van der Waals surface area contributed by atoms with E-state index < -0.39 is 15.6 Å². The summed E-state index contributed by atoms with van der Waals surface area (Å²) in [5, 5.41) is 0. The summed E-state index contributed by atoms with van der Waals surface area (Å²) >= 11 is 0. The summed E-state index contributed by atoms with van der Waals surface area (Å²) in [6.07, 6.45) is 41.7. The van der Waals surface area contributed by atoms with Crippen LogP contribution in [0.15, 0.2) is 0 Å². The average molecular weight is 905 g/mol. The minimum atomic E-state index is -4.31. The van der Waals surface area contributed by atoms with Crippen molar-refractivity contribution in [2.75, 3.05) is 26.4 Å². The Morgan fingerprint density at radius 1 is 0.379 bits per heavy atom. The molecular formula is C44H92KNaO10P2. The van der Waals surface area contributed by atoms with Crippen LogP contribution in [-0.2, 0) is 37.3 Å². The van der Waals surface area contributed by atoms with E-state index in [1.807, 2.05) is 27.7 Å². The third-order valence-electron chi connectivity index (χ3n) is 9.58. The zero-order chi connectivity index (χ0) is 41.9. The van der Waals surface area contributed by atoms with Crippen molar-refractivity contribution in [1.29, 1.82) is 0 Å². The molecule has 0 aliphatic rings. The van der Waals surface area contributed by atoms with Crippen LogP contribution in [0.1, 0.15) is 247 Å². The van der Waals surface area contributed by atoms with Crippen molar-refractivity contribution in [3.63, 3.8) is 0 Å². The zero-order valence-electron chi connectivity index (χ0n) is 39.6. The van der Waals surface area contributed by atoms with Crippen LogP contribution in [0.5, 0.6) is 0 Å². The predicted molar refractivity (Wildman–Crippen MR) is 230 cm³/mol. The molecule has 2 unspecified atom stereocenters. The number of hydrogen-bond donors (Lipinski definition) is 0. The molecule has 0 bridgehead atoms. The Balaban J connectivity index is -0.000000486. The molecule has 0 aromatic rings. The Morgan fingerprint density at radius 3 is 0.759 bits per heavy atom. The van der Waals surface area contributed by atoms with Gasteiger partial charge in [-0.2, -0.15) is 9.35 Å². The fourth-order valence-electron chi connectivity index (χ4n) is 6.15. The molecular weight excluding hydrogens is 813 g/mol. The standard InChI is InChI=1S/2C22H47O5P.K.Na/c2*1-4-5-6-7-8-9-10-11-12-13-14-15-16-17-18-19-20-25-27-28(23,24)26-21-22(2)3;;/h2*22H,4-21H2,1-3H3,(H,23,24);;/q;;2*+1/p-2. The Morgan fingerprint density at radius 2 is 0.569 bits per heavy atom. The second-order valence-electron chi connectivity index (χ2n) is 16.7. The van der Waals surface area contributed by atoms with Gasteiger partial charge in [-0.15, -0.1) is 0 Å². The first-order valence-electron chi connectivity index (χ1n) is 23.5. The van der Waals surface area contributed by atoms with Gasteiger partial charge in [-0.05, 0) is 24.7 Å². The maximum absolute atomic E-state index is 11.4. The van der Waals surface area contributed by atoms with Gasteiger partial charge < -0.3 is 18.8 Å². The van der Waals surface area contributed by atoms with Gasteiger partial charge in [0.05, 0.1) is 26.4 Å². The zero-order valence-corrected chi connectivity index (χ0v) is 46.5. The van der Waals surface area contributed by atoms with E-state index in [1.165, 1.54) is 180 Å². The molecule has 0 saturated carbocycles. The van der Waals surface area contributed by atoms with Crippen molar-refractivity contribution < 1.29 is 128 Å². The molecule has 0 aliphatic heterocycles. The van der Waals surface area contributed by atoms with Gasteiger partial charge in [0.25, 0.3) is 15.6 Å². The van der Waals surface area contributed by atoms with Crippen LogP contribution in [0.25, 0.3) is 0 Å². The van der Waals surface area contributed by atoms with Crippen LogP contribution < -0.4 is 90.7 Å². The monoisotopic (exact) mass is 905 g/mol. The van der Waals surface area contributed by atoms with Crippen LogP contribution in [0.2, 0.25) is 0 Å². The fourth-order valence-corrected chi connectivity index (χ4v) is 7.60. The Labute approximate surface area is 424 Å². The van der Waals surface area contributed by atoms with E-state index in [0.29, 0.717) is 0 Å². The van der Waals surface area contributed by atoms with Gasteiger partial charge in [-0.25, -0.2) is 9.78 Å². The van der Waals surface area contributed by atoms with Gasteiger partial charge in [0, 0.05) is 0 Å². The first kappa shape index (κ1) is 67.4. The Kier molecular flexibility index (Phi) is 60.9. The summed E-state index contributed by atoms with van der Waals surface area (Å²) in [6, 6.07) is 0. The molecule has 14 heteroatoms. The third kappa shape index (κ3) is 60.9. The molecule has 0 aromatic heterocycles. The first-order valence-corrected chi connectivity index (χ1v) is 26.4. The molecule has 0 radical (unpaired) electrons. The van der Waals surface area contributed by atoms with Gasteiger partial charge in [0.15, 0.2) is 0 Å². The molecule has 0 rings (SSSR count). The molecule has 0 saturated heterocycles. The summed E-state index contributed by atoms with van der Waals surface area (Å²) in [7, 11) is -8.62. The second-order valence-corrected chi connectivity index (χ2v) is 19.3. The normalized spacial score (nSPS) is 13.4. The Hall–Kier alpha value is 2.78. The molecule has 0 heterocycles. The first-order chi connectivity index (χ1) is 27.0. The van der Waals surface area contributed by atoms with Crippen LogP contribution >= 0.6 is 15.6 Å². The van der Waals surface area contributed by atoms with E-state index in [1.54, 1.807) is 0 Å². The number of hydrogen-bond acceptors (Lipinski definition) is 10. The van der Waals surface area contributed by atoms with E-state index in [-0.39, 0.29) is 119 Å². The largest absolute Gasteiger partial charge is 1.00 e. The number of phosphoric acid groups is 2. The summed E-state index contributed by atoms with van der Waals surface area (Å²) < 4.78 is 40.8. The maximum atomic E-state index is 11.4. The van der Waals surface area contributed by atoms with Gasteiger partial charge >= 0.3 is 80.9 Å². The average Bonchev–Trinajstić information content (AvgIpc) is 3.15. The molecule has 0 spiro atoms. The van der Waals surface area contributed by atoms with Crippen molar-refractivity contribution >= 4 is 15.6 Å². The van der Waals surface area contributed by atoms with Gasteiger partial charge in [0.2, 0.25) is 0 Å². The van der Waals surface area contributed by atoms with Gasteiger partial charge in [0.1, 0.15) is 0 Å². The summed E-state index contributed by atoms with van der Waals surface area (Å²) in [5.41, 5.74) is 0.